The molecule has 11 heteroatoms. The van der Waals surface area contributed by atoms with E-state index in [1.54, 1.807) is 13.4 Å². The molecule has 0 atom stereocenters. The van der Waals surface area contributed by atoms with Crippen molar-refractivity contribution in [2.24, 2.45) is 14.1 Å². The van der Waals surface area contributed by atoms with Crippen LogP contribution in [-0.2, 0) is 25.4 Å². The van der Waals surface area contributed by atoms with Crippen LogP contribution in [0.3, 0.4) is 0 Å². The minimum Gasteiger partial charge on any atom is -0.481 e. The molecule has 1 aliphatic rings. The summed E-state index contributed by atoms with van der Waals surface area (Å²) in [5, 5.41) is 9.29. The van der Waals surface area contributed by atoms with E-state index in [9.17, 15) is 14.4 Å². The molecule has 0 spiro atoms. The van der Waals surface area contributed by atoms with Crippen LogP contribution in [0.15, 0.2) is 52.3 Å². The quantitative estimate of drug-likeness (QED) is 0.107. The standard InChI is InChI=1S/C19H23ClN6O2.C18H34O2/c1-22-17-16(18(27)23(2)19(22)28)26(13-21-17)12-9-24-7-10-25(11-8-24)15-6-4-3-5-14(15)20;1-2-3-4-5-6-7-8-9-10-11-12-13-14-15-16-17-18(19)20/h3-6,13H,7-12H2,1-2H3;9-10H,2-8,11-17H2,1H3,(H,19,20)/b;10-9-. The number of para-hydroxylation sites is 1. The second-order valence-electron chi connectivity index (χ2n) is 12.8. The molecular formula is C37H57ClN6O4. The minimum absolute atomic E-state index is 0.306. The highest BCUT2D eigenvalue weighted by Gasteiger charge is 2.20. The number of fused-ring (bicyclic) bond motifs is 1. The predicted molar refractivity (Wildman–Crippen MR) is 197 cm³/mol. The maximum absolute atomic E-state index is 12.5. The first-order valence-corrected chi connectivity index (χ1v) is 18.3. The molecule has 0 saturated carbocycles. The number of allylic oxidation sites excluding steroid dienone is 2. The summed E-state index contributed by atoms with van der Waals surface area (Å²) in [6.07, 6.45) is 22.9. The first-order chi connectivity index (χ1) is 23.2. The number of rotatable bonds is 19. The molecule has 3 heterocycles. The average Bonchev–Trinajstić information content (AvgIpc) is 3.52. The molecule has 3 aromatic rings. The van der Waals surface area contributed by atoms with Crippen LogP contribution in [0.1, 0.15) is 96.8 Å². The first kappa shape index (κ1) is 39.1. The fourth-order valence-electron chi connectivity index (χ4n) is 6.08. The van der Waals surface area contributed by atoms with E-state index in [1.165, 1.54) is 82.2 Å². The van der Waals surface area contributed by atoms with Crippen LogP contribution in [0.5, 0.6) is 0 Å². The Morgan fingerprint density at radius 3 is 2.06 bits per heavy atom. The fourth-order valence-corrected chi connectivity index (χ4v) is 6.34. The number of carbonyl (C=O) groups is 1. The van der Waals surface area contributed by atoms with Crippen LogP contribution in [0, 0.1) is 0 Å². The number of carboxylic acid groups (broad SMARTS) is 1. The van der Waals surface area contributed by atoms with Gasteiger partial charge in [-0.1, -0.05) is 94.2 Å². The van der Waals surface area contributed by atoms with E-state index in [4.69, 9.17) is 16.7 Å². The number of aryl methyl sites for hydroxylation is 1. The van der Waals surface area contributed by atoms with Crippen LogP contribution >= 0.6 is 11.6 Å². The van der Waals surface area contributed by atoms with Crippen molar-refractivity contribution in [2.45, 2.75) is 103 Å². The Bertz CT molecular complexity index is 1540. The number of halogens is 1. The predicted octanol–water partition coefficient (Wildman–Crippen LogP) is 7.02. The van der Waals surface area contributed by atoms with Gasteiger partial charge in [-0.15, -0.1) is 0 Å². The molecule has 1 aromatic carbocycles. The zero-order valence-electron chi connectivity index (χ0n) is 29.4. The van der Waals surface area contributed by atoms with E-state index in [0.717, 1.165) is 60.8 Å². The van der Waals surface area contributed by atoms with Gasteiger partial charge in [0.2, 0.25) is 0 Å². The van der Waals surface area contributed by atoms with Gasteiger partial charge in [0, 0.05) is 59.8 Å². The van der Waals surface area contributed by atoms with Crippen LogP contribution in [0.25, 0.3) is 11.2 Å². The van der Waals surface area contributed by atoms with Crippen LogP contribution in [-0.4, -0.2) is 67.4 Å². The monoisotopic (exact) mass is 684 g/mol. The van der Waals surface area contributed by atoms with Gasteiger partial charge in [-0.3, -0.25) is 23.6 Å². The number of aromatic nitrogens is 4. The Labute approximate surface area is 291 Å². The van der Waals surface area contributed by atoms with Crippen molar-refractivity contribution in [3.63, 3.8) is 0 Å². The van der Waals surface area contributed by atoms with E-state index in [1.807, 2.05) is 22.8 Å². The topological polar surface area (TPSA) is 106 Å². The van der Waals surface area contributed by atoms with E-state index in [0.29, 0.717) is 24.1 Å². The van der Waals surface area contributed by atoms with Gasteiger partial charge in [0.1, 0.15) is 0 Å². The van der Waals surface area contributed by atoms with Gasteiger partial charge in [-0.2, -0.15) is 0 Å². The lowest BCUT2D eigenvalue weighted by Crippen LogP contribution is -2.47. The molecule has 1 saturated heterocycles. The van der Waals surface area contributed by atoms with E-state index < -0.39 is 5.97 Å². The van der Waals surface area contributed by atoms with Crippen molar-refractivity contribution in [3.05, 3.63) is 68.6 Å². The van der Waals surface area contributed by atoms with Crippen molar-refractivity contribution in [2.75, 3.05) is 37.6 Å². The third-order valence-corrected chi connectivity index (χ3v) is 9.41. The van der Waals surface area contributed by atoms with Crippen molar-refractivity contribution >= 4 is 34.4 Å². The molecule has 4 rings (SSSR count). The summed E-state index contributed by atoms with van der Waals surface area (Å²) in [7, 11) is 3.13. The molecule has 1 fully saturated rings. The number of unbranched alkanes of at least 4 members (excludes halogenated alkanes) is 11. The number of piperazine rings is 1. The van der Waals surface area contributed by atoms with Crippen molar-refractivity contribution < 1.29 is 9.90 Å². The lowest BCUT2D eigenvalue weighted by Gasteiger charge is -2.36. The highest BCUT2D eigenvalue weighted by Crippen LogP contribution is 2.26. The molecular weight excluding hydrogens is 628 g/mol. The van der Waals surface area contributed by atoms with Crippen LogP contribution in [0.4, 0.5) is 5.69 Å². The highest BCUT2D eigenvalue weighted by atomic mass is 35.5. The van der Waals surface area contributed by atoms with Gasteiger partial charge in [-0.05, 0) is 44.2 Å². The SMILES string of the molecule is CCCCCCCC/C=C\CCCCCCCC(=O)O.Cn1c(=O)c2c(ncn2CCN2CCN(c3ccccc3Cl)CC2)n(C)c1=O. The molecule has 266 valence electrons. The van der Waals surface area contributed by atoms with Gasteiger partial charge >= 0.3 is 11.7 Å². The number of benzene rings is 1. The smallest absolute Gasteiger partial charge is 0.332 e. The average molecular weight is 685 g/mol. The fraction of sp³-hybridized carbons (Fsp3) is 0.622. The number of aliphatic carboxylic acids is 1. The number of hydrogen-bond donors (Lipinski definition) is 1. The summed E-state index contributed by atoms with van der Waals surface area (Å²) in [6.45, 7) is 7.39. The molecule has 0 unspecified atom stereocenters. The van der Waals surface area contributed by atoms with E-state index >= 15 is 0 Å². The zero-order chi connectivity index (χ0) is 34.7. The second-order valence-corrected chi connectivity index (χ2v) is 13.2. The molecule has 48 heavy (non-hydrogen) atoms. The normalized spacial score (nSPS) is 13.7. The number of hydrogen-bond acceptors (Lipinski definition) is 6. The Kier molecular flexibility index (Phi) is 17.6. The van der Waals surface area contributed by atoms with Crippen LogP contribution < -0.4 is 16.1 Å². The maximum Gasteiger partial charge on any atom is 0.332 e. The first-order valence-electron chi connectivity index (χ1n) is 17.9. The van der Waals surface area contributed by atoms with Crippen molar-refractivity contribution in [1.82, 2.24) is 23.6 Å². The molecule has 0 radical (unpaired) electrons. The number of nitrogens with zero attached hydrogens (tertiary/aromatic N) is 6. The number of carboxylic acids is 1. The van der Waals surface area contributed by atoms with Gasteiger partial charge < -0.3 is 14.6 Å². The Balaban J connectivity index is 0.000000279. The van der Waals surface area contributed by atoms with E-state index in [-0.39, 0.29) is 11.2 Å². The Morgan fingerprint density at radius 2 is 1.44 bits per heavy atom. The largest absolute Gasteiger partial charge is 0.481 e. The lowest BCUT2D eigenvalue weighted by atomic mass is 10.1. The maximum atomic E-state index is 12.5. The zero-order valence-corrected chi connectivity index (χ0v) is 30.2. The highest BCUT2D eigenvalue weighted by molar-refractivity contribution is 6.33. The summed E-state index contributed by atoms with van der Waals surface area (Å²) in [6, 6.07) is 7.92. The molecule has 1 aliphatic heterocycles. The Morgan fingerprint density at radius 1 is 0.833 bits per heavy atom. The lowest BCUT2D eigenvalue weighted by molar-refractivity contribution is -0.137. The minimum atomic E-state index is -0.664. The second kappa shape index (κ2) is 21.6. The Hall–Kier alpha value is -3.37. The van der Waals surface area contributed by atoms with Gasteiger partial charge in [0.25, 0.3) is 5.56 Å². The molecule has 1 N–H and O–H groups in total. The third kappa shape index (κ3) is 12.6. The van der Waals surface area contributed by atoms with Gasteiger partial charge in [0.15, 0.2) is 11.2 Å². The summed E-state index contributed by atoms with van der Waals surface area (Å²) in [4.78, 5) is 43.8. The summed E-state index contributed by atoms with van der Waals surface area (Å²) in [5.74, 6) is -0.664. The van der Waals surface area contributed by atoms with Gasteiger partial charge in [0.05, 0.1) is 17.0 Å². The summed E-state index contributed by atoms with van der Waals surface area (Å²) < 4.78 is 4.38. The molecule has 0 bridgehead atoms. The van der Waals surface area contributed by atoms with Gasteiger partial charge in [-0.25, -0.2) is 9.78 Å². The van der Waals surface area contributed by atoms with Crippen molar-refractivity contribution in [1.29, 1.82) is 0 Å². The number of anilines is 1. The molecule has 0 aliphatic carbocycles. The summed E-state index contributed by atoms with van der Waals surface area (Å²) >= 11 is 6.31. The number of imidazole rings is 1. The van der Waals surface area contributed by atoms with E-state index in [2.05, 4.69) is 39.9 Å². The van der Waals surface area contributed by atoms with Crippen LogP contribution in [0.2, 0.25) is 5.02 Å². The molecule has 0 amide bonds. The summed E-state index contributed by atoms with van der Waals surface area (Å²) in [5.41, 5.74) is 1.31. The third-order valence-electron chi connectivity index (χ3n) is 9.09. The molecule has 10 nitrogen and oxygen atoms in total. The molecule has 2 aromatic heterocycles. The van der Waals surface area contributed by atoms with Crippen molar-refractivity contribution in [3.8, 4) is 0 Å².